The zero-order valence-corrected chi connectivity index (χ0v) is 15.2. The lowest BCUT2D eigenvalue weighted by Crippen LogP contribution is -2.42. The molecule has 1 aromatic carbocycles. The lowest BCUT2D eigenvalue weighted by molar-refractivity contribution is 0.0234. The smallest absolute Gasteiger partial charge is 0.410 e. The highest BCUT2D eigenvalue weighted by Gasteiger charge is 2.32. The van der Waals surface area contributed by atoms with E-state index in [1.54, 1.807) is 17.0 Å². The predicted octanol–water partition coefficient (Wildman–Crippen LogP) is 3.69. The van der Waals surface area contributed by atoms with Gasteiger partial charge in [0.05, 0.1) is 6.04 Å². The molecule has 0 saturated carbocycles. The summed E-state index contributed by atoms with van der Waals surface area (Å²) in [7, 11) is 0. The van der Waals surface area contributed by atoms with Gasteiger partial charge in [-0.05, 0) is 45.7 Å². The summed E-state index contributed by atoms with van der Waals surface area (Å²) in [5.41, 5.74) is 0.0160. The van der Waals surface area contributed by atoms with Crippen LogP contribution in [0.15, 0.2) is 28.8 Å². The summed E-state index contributed by atoms with van der Waals surface area (Å²) in [6.07, 6.45) is 1.48. The van der Waals surface area contributed by atoms with Gasteiger partial charge in [0.25, 0.3) is 0 Å². The molecule has 140 valence electrons. The number of aromatic nitrogens is 2. The lowest BCUT2D eigenvalue weighted by Gasteiger charge is -2.28. The zero-order valence-electron chi connectivity index (χ0n) is 15.2. The molecule has 0 radical (unpaired) electrons. The number of hydrogen-bond acceptors (Lipinski definition) is 6. The van der Waals surface area contributed by atoms with Crippen LogP contribution < -0.4 is 5.32 Å². The van der Waals surface area contributed by atoms with E-state index in [0.29, 0.717) is 24.5 Å². The topological polar surface area (TPSA) is 80.5 Å². The molecule has 0 bridgehead atoms. The SMILES string of the molecule is CC(C)(C)OC(=O)N1CCC[C@H]1CNc1nc(-c2cccc(F)c2)no1. The fraction of sp³-hybridized carbons (Fsp3) is 0.500. The minimum Gasteiger partial charge on any atom is -0.444 e. The third-order valence-electron chi connectivity index (χ3n) is 4.00. The Kier molecular flexibility index (Phi) is 5.11. The predicted molar refractivity (Wildman–Crippen MR) is 94.1 cm³/mol. The number of nitrogens with zero attached hydrogens (tertiary/aromatic N) is 3. The highest BCUT2D eigenvalue weighted by molar-refractivity contribution is 5.69. The summed E-state index contributed by atoms with van der Waals surface area (Å²) in [4.78, 5) is 18.2. The molecule has 26 heavy (non-hydrogen) atoms. The van der Waals surface area contributed by atoms with Gasteiger partial charge in [-0.25, -0.2) is 9.18 Å². The van der Waals surface area contributed by atoms with Crippen molar-refractivity contribution in [1.82, 2.24) is 15.0 Å². The molecule has 1 atom stereocenters. The summed E-state index contributed by atoms with van der Waals surface area (Å²) in [6.45, 7) is 6.69. The second-order valence-corrected chi connectivity index (χ2v) is 7.28. The number of likely N-dealkylation sites (tertiary alicyclic amines) is 1. The Morgan fingerprint density at radius 2 is 2.27 bits per heavy atom. The third kappa shape index (κ3) is 4.50. The van der Waals surface area contributed by atoms with Crippen LogP contribution in [0.1, 0.15) is 33.6 Å². The molecule has 1 aliphatic rings. The first-order valence-corrected chi connectivity index (χ1v) is 8.65. The summed E-state index contributed by atoms with van der Waals surface area (Å²) in [5.74, 6) is -0.0526. The van der Waals surface area contributed by atoms with E-state index in [4.69, 9.17) is 9.26 Å². The highest BCUT2D eigenvalue weighted by Crippen LogP contribution is 2.22. The normalized spacial score (nSPS) is 17.4. The van der Waals surface area contributed by atoms with Gasteiger partial charge in [-0.3, -0.25) is 0 Å². The Labute approximate surface area is 151 Å². The Bertz CT molecular complexity index is 772. The molecule has 3 rings (SSSR count). The molecule has 7 nitrogen and oxygen atoms in total. The van der Waals surface area contributed by atoms with Crippen LogP contribution in [0.4, 0.5) is 15.2 Å². The minimum absolute atomic E-state index is 0.00521. The number of benzene rings is 1. The summed E-state index contributed by atoms with van der Waals surface area (Å²) >= 11 is 0. The van der Waals surface area contributed by atoms with Crippen LogP contribution in [0.2, 0.25) is 0 Å². The fourth-order valence-electron chi connectivity index (χ4n) is 2.85. The van der Waals surface area contributed by atoms with Gasteiger partial charge in [-0.1, -0.05) is 17.3 Å². The van der Waals surface area contributed by atoms with Crippen molar-refractivity contribution in [1.29, 1.82) is 0 Å². The van der Waals surface area contributed by atoms with Crippen molar-refractivity contribution in [3.05, 3.63) is 30.1 Å². The van der Waals surface area contributed by atoms with Crippen molar-refractivity contribution >= 4 is 12.1 Å². The monoisotopic (exact) mass is 362 g/mol. The first kappa shape index (κ1) is 18.2. The van der Waals surface area contributed by atoms with Gasteiger partial charge in [-0.2, -0.15) is 4.98 Å². The van der Waals surface area contributed by atoms with Crippen LogP contribution in [0, 0.1) is 5.82 Å². The van der Waals surface area contributed by atoms with E-state index in [1.165, 1.54) is 12.1 Å². The zero-order chi connectivity index (χ0) is 18.7. The van der Waals surface area contributed by atoms with Crippen LogP contribution in [0.5, 0.6) is 0 Å². The molecule has 1 amide bonds. The number of carbonyl (C=O) groups excluding carboxylic acids is 1. The van der Waals surface area contributed by atoms with E-state index in [-0.39, 0.29) is 24.0 Å². The Morgan fingerprint density at radius 1 is 1.46 bits per heavy atom. The molecule has 0 unspecified atom stereocenters. The van der Waals surface area contributed by atoms with Crippen LogP contribution in [-0.2, 0) is 4.74 Å². The Hall–Kier alpha value is -2.64. The molecule has 1 saturated heterocycles. The van der Waals surface area contributed by atoms with Crippen molar-refractivity contribution in [3.8, 4) is 11.4 Å². The number of nitrogens with one attached hydrogen (secondary N) is 1. The molecule has 8 heteroatoms. The number of hydrogen-bond donors (Lipinski definition) is 1. The first-order chi connectivity index (χ1) is 12.3. The third-order valence-corrected chi connectivity index (χ3v) is 4.00. The number of rotatable bonds is 4. The van der Waals surface area contributed by atoms with E-state index >= 15 is 0 Å². The Morgan fingerprint density at radius 3 is 3.00 bits per heavy atom. The number of anilines is 1. The summed E-state index contributed by atoms with van der Waals surface area (Å²) in [6, 6.07) is 6.23. The average molecular weight is 362 g/mol. The van der Waals surface area contributed by atoms with Crippen molar-refractivity contribution in [2.45, 2.75) is 45.3 Å². The van der Waals surface area contributed by atoms with Crippen molar-refractivity contribution < 1.29 is 18.4 Å². The maximum atomic E-state index is 13.3. The van der Waals surface area contributed by atoms with E-state index < -0.39 is 5.60 Å². The molecule has 1 aliphatic heterocycles. The van der Waals surface area contributed by atoms with Gasteiger partial charge < -0.3 is 19.5 Å². The van der Waals surface area contributed by atoms with Crippen molar-refractivity contribution in [3.63, 3.8) is 0 Å². The molecule has 0 spiro atoms. The van der Waals surface area contributed by atoms with E-state index in [0.717, 1.165) is 12.8 Å². The maximum Gasteiger partial charge on any atom is 0.410 e. The van der Waals surface area contributed by atoms with Gasteiger partial charge >= 0.3 is 12.1 Å². The second kappa shape index (κ2) is 7.31. The summed E-state index contributed by atoms with van der Waals surface area (Å²) in [5, 5.41) is 6.91. The second-order valence-electron chi connectivity index (χ2n) is 7.28. The quantitative estimate of drug-likeness (QED) is 0.893. The minimum atomic E-state index is -0.524. The number of halogens is 1. The largest absolute Gasteiger partial charge is 0.444 e. The van der Waals surface area contributed by atoms with Gasteiger partial charge in [-0.15, -0.1) is 0 Å². The molecule has 1 fully saturated rings. The lowest BCUT2D eigenvalue weighted by atomic mass is 10.2. The van der Waals surface area contributed by atoms with Gasteiger partial charge in [0.15, 0.2) is 0 Å². The summed E-state index contributed by atoms with van der Waals surface area (Å²) < 4.78 is 23.9. The highest BCUT2D eigenvalue weighted by atomic mass is 19.1. The Balaban J connectivity index is 1.59. The average Bonchev–Trinajstić information content (AvgIpc) is 3.20. The fourth-order valence-corrected chi connectivity index (χ4v) is 2.85. The van der Waals surface area contributed by atoms with Gasteiger partial charge in [0, 0.05) is 18.7 Å². The van der Waals surface area contributed by atoms with Crippen LogP contribution in [0.25, 0.3) is 11.4 Å². The van der Waals surface area contributed by atoms with Crippen molar-refractivity contribution in [2.24, 2.45) is 0 Å². The number of carbonyl (C=O) groups is 1. The molecule has 2 heterocycles. The molecule has 0 aliphatic carbocycles. The van der Waals surface area contributed by atoms with Gasteiger partial charge in [0.2, 0.25) is 5.82 Å². The molecular formula is C18H23FN4O3. The van der Waals surface area contributed by atoms with E-state index in [9.17, 15) is 9.18 Å². The first-order valence-electron chi connectivity index (χ1n) is 8.65. The van der Waals surface area contributed by atoms with Crippen molar-refractivity contribution in [2.75, 3.05) is 18.4 Å². The van der Waals surface area contributed by atoms with Crippen LogP contribution in [0.3, 0.4) is 0 Å². The van der Waals surface area contributed by atoms with Crippen LogP contribution in [-0.4, -0.2) is 45.9 Å². The number of amides is 1. The standard InChI is InChI=1S/C18H23FN4O3/c1-18(2,3)25-17(24)23-9-5-8-14(23)11-20-16-21-15(22-26-16)12-6-4-7-13(19)10-12/h4,6-7,10,14H,5,8-9,11H2,1-3H3,(H,20,21,22)/t14-/m0/s1. The molecule has 1 N–H and O–H groups in total. The maximum absolute atomic E-state index is 13.3. The van der Waals surface area contributed by atoms with Gasteiger partial charge in [0.1, 0.15) is 11.4 Å². The van der Waals surface area contributed by atoms with E-state index in [2.05, 4.69) is 15.5 Å². The van der Waals surface area contributed by atoms with Crippen LogP contribution >= 0.6 is 0 Å². The molecule has 2 aromatic rings. The number of ether oxygens (including phenoxy) is 1. The van der Waals surface area contributed by atoms with E-state index in [1.807, 2.05) is 20.8 Å². The molecular weight excluding hydrogens is 339 g/mol. The molecule has 1 aromatic heterocycles.